The molecule has 1 saturated heterocycles. The number of morpholine rings is 1. The van der Waals surface area contributed by atoms with Crippen LogP contribution in [0.4, 0.5) is 20.2 Å². The van der Waals surface area contributed by atoms with E-state index in [1.807, 2.05) is 4.90 Å². The van der Waals surface area contributed by atoms with Gasteiger partial charge >= 0.3 is 0 Å². The maximum Gasteiger partial charge on any atom is 0.255 e. The standard InChI is InChI=1S/C26H22F2N4O3/c27-17-2-1-3-18(28)22(17)19-12-20(23-21(31-19)13-29-24(23)33)30-16-6-4-15(5-7-16)25(34)32-10-11-35-26(14-32)8-9-26/h1-7,12H,8-11,13-14H2,(H,29,33)(H,30,31). The molecule has 178 valence electrons. The molecular weight excluding hydrogens is 454 g/mol. The molecule has 3 aromatic rings. The normalized spacial score (nSPS) is 17.8. The minimum absolute atomic E-state index is 0.0485. The molecule has 0 radical (unpaired) electrons. The van der Waals surface area contributed by atoms with Gasteiger partial charge < -0.3 is 20.3 Å². The molecule has 2 aliphatic heterocycles. The third-order valence-electron chi connectivity index (χ3n) is 6.71. The molecule has 2 aromatic carbocycles. The monoisotopic (exact) mass is 476 g/mol. The van der Waals surface area contributed by atoms with Crippen LogP contribution in [0.1, 0.15) is 39.3 Å². The molecule has 1 aromatic heterocycles. The number of nitrogens with zero attached hydrogens (tertiary/aromatic N) is 2. The van der Waals surface area contributed by atoms with Crippen LogP contribution in [-0.4, -0.2) is 47.0 Å². The van der Waals surface area contributed by atoms with Crippen LogP contribution in [0.5, 0.6) is 0 Å². The lowest BCUT2D eigenvalue weighted by Gasteiger charge is -2.33. The molecule has 2 amide bonds. The third kappa shape index (κ3) is 3.91. The van der Waals surface area contributed by atoms with E-state index >= 15 is 0 Å². The summed E-state index contributed by atoms with van der Waals surface area (Å²) in [6.07, 6.45) is 1.98. The van der Waals surface area contributed by atoms with Gasteiger partial charge in [0, 0.05) is 17.8 Å². The van der Waals surface area contributed by atoms with Crippen molar-refractivity contribution in [2.75, 3.05) is 25.0 Å². The van der Waals surface area contributed by atoms with E-state index in [9.17, 15) is 18.4 Å². The van der Waals surface area contributed by atoms with Crippen molar-refractivity contribution >= 4 is 23.2 Å². The zero-order valence-corrected chi connectivity index (χ0v) is 18.7. The number of carbonyl (C=O) groups is 2. The minimum atomic E-state index is -0.736. The molecule has 1 spiro atoms. The van der Waals surface area contributed by atoms with Crippen molar-refractivity contribution in [1.29, 1.82) is 0 Å². The van der Waals surface area contributed by atoms with Gasteiger partial charge in [-0.25, -0.2) is 13.8 Å². The van der Waals surface area contributed by atoms with E-state index in [1.165, 1.54) is 24.3 Å². The van der Waals surface area contributed by atoms with Gasteiger partial charge in [0.2, 0.25) is 0 Å². The summed E-state index contributed by atoms with van der Waals surface area (Å²) in [4.78, 5) is 31.6. The topological polar surface area (TPSA) is 83.6 Å². The van der Waals surface area contributed by atoms with Gasteiger partial charge in [0.15, 0.2) is 0 Å². The van der Waals surface area contributed by atoms with Crippen molar-refractivity contribution in [3.8, 4) is 11.3 Å². The van der Waals surface area contributed by atoms with Crippen LogP contribution in [0.15, 0.2) is 48.5 Å². The summed E-state index contributed by atoms with van der Waals surface area (Å²) in [7, 11) is 0. The van der Waals surface area contributed by atoms with Crippen LogP contribution < -0.4 is 10.6 Å². The van der Waals surface area contributed by atoms with E-state index in [1.54, 1.807) is 24.3 Å². The first-order valence-corrected chi connectivity index (χ1v) is 11.5. The molecule has 0 bridgehead atoms. The fraction of sp³-hybridized carbons (Fsp3) is 0.269. The Bertz CT molecular complexity index is 1340. The first kappa shape index (κ1) is 21.7. The minimum Gasteiger partial charge on any atom is -0.371 e. The van der Waals surface area contributed by atoms with Gasteiger partial charge in [-0.1, -0.05) is 6.07 Å². The first-order valence-electron chi connectivity index (χ1n) is 11.5. The second kappa shape index (κ2) is 8.13. The van der Waals surface area contributed by atoms with Crippen molar-refractivity contribution in [3.05, 3.63) is 77.0 Å². The quantitative estimate of drug-likeness (QED) is 0.595. The number of rotatable bonds is 4. The number of hydrogen-bond donors (Lipinski definition) is 2. The van der Waals surface area contributed by atoms with Crippen molar-refractivity contribution in [3.63, 3.8) is 0 Å². The van der Waals surface area contributed by atoms with E-state index in [0.717, 1.165) is 12.8 Å². The predicted octanol–water partition coefficient (Wildman–Crippen LogP) is 4.02. The van der Waals surface area contributed by atoms with Crippen LogP contribution in [-0.2, 0) is 11.3 Å². The number of benzene rings is 2. The summed E-state index contributed by atoms with van der Waals surface area (Å²) in [6.45, 7) is 1.89. The zero-order valence-electron chi connectivity index (χ0n) is 18.7. The number of aromatic nitrogens is 1. The molecule has 1 saturated carbocycles. The van der Waals surface area contributed by atoms with Crippen LogP contribution in [0.3, 0.4) is 0 Å². The molecule has 1 aliphatic carbocycles. The number of anilines is 2. The van der Waals surface area contributed by atoms with Gasteiger partial charge in [-0.05, 0) is 55.3 Å². The fourth-order valence-corrected chi connectivity index (χ4v) is 4.70. The van der Waals surface area contributed by atoms with Crippen molar-refractivity contribution in [2.24, 2.45) is 0 Å². The molecule has 2 N–H and O–H groups in total. The van der Waals surface area contributed by atoms with Gasteiger partial charge in [-0.2, -0.15) is 0 Å². The number of nitrogens with one attached hydrogen (secondary N) is 2. The van der Waals surface area contributed by atoms with Crippen LogP contribution in [0, 0.1) is 11.6 Å². The summed E-state index contributed by atoms with van der Waals surface area (Å²) in [5.41, 5.74) is 1.98. The second-order valence-corrected chi connectivity index (χ2v) is 9.12. The highest BCUT2D eigenvalue weighted by Crippen LogP contribution is 2.42. The van der Waals surface area contributed by atoms with E-state index in [-0.39, 0.29) is 35.2 Å². The van der Waals surface area contributed by atoms with Crippen LogP contribution in [0.2, 0.25) is 0 Å². The first-order chi connectivity index (χ1) is 16.9. The summed E-state index contributed by atoms with van der Waals surface area (Å²) < 4.78 is 34.6. The van der Waals surface area contributed by atoms with Gasteiger partial charge in [0.05, 0.1) is 53.5 Å². The van der Waals surface area contributed by atoms with Gasteiger partial charge in [0.1, 0.15) is 11.6 Å². The summed E-state index contributed by atoms with van der Waals surface area (Å²) >= 11 is 0. The van der Waals surface area contributed by atoms with Crippen LogP contribution in [0.25, 0.3) is 11.3 Å². The van der Waals surface area contributed by atoms with Gasteiger partial charge in [-0.3, -0.25) is 9.59 Å². The third-order valence-corrected chi connectivity index (χ3v) is 6.71. The molecule has 0 unspecified atom stereocenters. The Kier molecular flexibility index (Phi) is 5.03. The highest BCUT2D eigenvalue weighted by Gasteiger charge is 2.48. The summed E-state index contributed by atoms with van der Waals surface area (Å²) in [5, 5.41) is 5.86. The number of halogens is 2. The number of pyridine rings is 1. The van der Waals surface area contributed by atoms with E-state index in [2.05, 4.69) is 15.6 Å². The summed E-state index contributed by atoms with van der Waals surface area (Å²) in [5.74, 6) is -1.84. The van der Waals surface area contributed by atoms with Gasteiger partial charge in [0.25, 0.3) is 11.8 Å². The maximum absolute atomic E-state index is 14.4. The van der Waals surface area contributed by atoms with E-state index in [4.69, 9.17) is 4.74 Å². The summed E-state index contributed by atoms with van der Waals surface area (Å²) in [6, 6.07) is 12.0. The lowest BCUT2D eigenvalue weighted by Crippen LogP contribution is -2.46. The lowest BCUT2D eigenvalue weighted by atomic mass is 10.1. The molecule has 9 heteroatoms. The van der Waals surface area contributed by atoms with Gasteiger partial charge in [-0.15, -0.1) is 0 Å². The molecule has 3 aliphatic rings. The van der Waals surface area contributed by atoms with Crippen LogP contribution >= 0.6 is 0 Å². The molecule has 3 heterocycles. The number of ether oxygens (including phenoxy) is 1. The highest BCUT2D eigenvalue weighted by molar-refractivity contribution is 6.04. The predicted molar refractivity (Wildman–Crippen MR) is 124 cm³/mol. The fourth-order valence-electron chi connectivity index (χ4n) is 4.70. The molecule has 6 rings (SSSR count). The molecule has 0 atom stereocenters. The number of carbonyl (C=O) groups excluding carboxylic acids is 2. The largest absolute Gasteiger partial charge is 0.371 e. The zero-order chi connectivity index (χ0) is 24.2. The smallest absolute Gasteiger partial charge is 0.255 e. The Labute approximate surface area is 200 Å². The number of hydrogen-bond acceptors (Lipinski definition) is 5. The Morgan fingerprint density at radius 1 is 1.09 bits per heavy atom. The average molecular weight is 476 g/mol. The molecular formula is C26H22F2N4O3. The Morgan fingerprint density at radius 3 is 2.54 bits per heavy atom. The van der Waals surface area contributed by atoms with Crippen molar-refractivity contribution in [1.82, 2.24) is 15.2 Å². The Hall–Kier alpha value is -3.85. The lowest BCUT2D eigenvalue weighted by molar-refractivity contribution is -0.0376. The van der Waals surface area contributed by atoms with E-state index < -0.39 is 11.6 Å². The second-order valence-electron chi connectivity index (χ2n) is 9.12. The number of amides is 2. The average Bonchev–Trinajstić information content (AvgIpc) is 3.48. The molecule has 7 nitrogen and oxygen atoms in total. The SMILES string of the molecule is O=C1NCc2nc(-c3c(F)cccc3F)cc(Nc3ccc(C(=O)N4CCOC5(CC5)C4)cc3)c21. The highest BCUT2D eigenvalue weighted by atomic mass is 19.1. The van der Waals surface area contributed by atoms with Crippen molar-refractivity contribution < 1.29 is 23.1 Å². The number of fused-ring (bicyclic) bond motifs is 1. The van der Waals surface area contributed by atoms with Crippen molar-refractivity contribution in [2.45, 2.75) is 25.0 Å². The van der Waals surface area contributed by atoms with E-state index in [0.29, 0.717) is 47.9 Å². The Morgan fingerprint density at radius 2 is 1.83 bits per heavy atom. The molecule has 35 heavy (non-hydrogen) atoms. The molecule has 2 fully saturated rings. The maximum atomic E-state index is 14.4. The Balaban J connectivity index is 1.28.